The van der Waals surface area contributed by atoms with E-state index in [0.717, 1.165) is 23.9 Å². The number of oxazole rings is 1. The van der Waals surface area contributed by atoms with Gasteiger partial charge in [0, 0.05) is 17.3 Å². The third kappa shape index (κ3) is 2.35. The molecular formula is C13H19N3O. The number of anilines is 2. The maximum absolute atomic E-state index is 5.70. The van der Waals surface area contributed by atoms with Crippen LogP contribution in [0.25, 0.3) is 11.1 Å². The van der Waals surface area contributed by atoms with Crippen molar-refractivity contribution in [2.45, 2.75) is 39.2 Å². The fraction of sp³-hybridized carbons (Fsp3) is 0.462. The Bertz CT molecular complexity index is 514. The molecule has 1 heterocycles. The minimum atomic E-state index is 0.0203. The largest absolute Gasteiger partial charge is 0.423 e. The quantitative estimate of drug-likeness (QED) is 0.794. The highest BCUT2D eigenvalue weighted by atomic mass is 16.4. The van der Waals surface area contributed by atoms with Gasteiger partial charge >= 0.3 is 0 Å². The van der Waals surface area contributed by atoms with Gasteiger partial charge in [-0.25, -0.2) is 0 Å². The molecule has 1 aromatic carbocycles. The van der Waals surface area contributed by atoms with Crippen LogP contribution in [-0.4, -0.2) is 10.5 Å². The van der Waals surface area contributed by atoms with Gasteiger partial charge < -0.3 is 15.5 Å². The van der Waals surface area contributed by atoms with E-state index in [2.05, 4.69) is 31.1 Å². The Morgan fingerprint density at radius 3 is 2.71 bits per heavy atom. The molecule has 92 valence electrons. The molecule has 0 saturated heterocycles. The third-order valence-electron chi connectivity index (χ3n) is 3.38. The van der Waals surface area contributed by atoms with Crippen LogP contribution in [0.5, 0.6) is 0 Å². The van der Waals surface area contributed by atoms with Gasteiger partial charge in [-0.05, 0) is 31.9 Å². The number of nitrogens with one attached hydrogen (secondary N) is 1. The van der Waals surface area contributed by atoms with E-state index in [1.165, 1.54) is 0 Å². The third-order valence-corrected chi connectivity index (χ3v) is 3.38. The van der Waals surface area contributed by atoms with Gasteiger partial charge in [-0.2, -0.15) is 4.98 Å². The predicted molar refractivity (Wildman–Crippen MR) is 71.0 cm³/mol. The van der Waals surface area contributed by atoms with Crippen molar-refractivity contribution in [1.29, 1.82) is 0 Å². The monoisotopic (exact) mass is 233 g/mol. The SMILES string of the molecule is CCC(C)(CC)Nc1nc2ccc(N)cc2o1. The van der Waals surface area contributed by atoms with Crippen LogP contribution in [0.2, 0.25) is 0 Å². The molecule has 4 heteroatoms. The van der Waals surface area contributed by atoms with Crippen LogP contribution in [0.3, 0.4) is 0 Å². The highest BCUT2D eigenvalue weighted by Gasteiger charge is 2.21. The average molecular weight is 233 g/mol. The van der Waals surface area contributed by atoms with Crippen molar-refractivity contribution in [3.63, 3.8) is 0 Å². The summed E-state index contributed by atoms with van der Waals surface area (Å²) in [5, 5.41) is 3.35. The van der Waals surface area contributed by atoms with Gasteiger partial charge in [-0.1, -0.05) is 13.8 Å². The first-order valence-electron chi connectivity index (χ1n) is 6.00. The number of nitrogens with two attached hydrogens (primary N) is 1. The molecule has 3 N–H and O–H groups in total. The van der Waals surface area contributed by atoms with Crippen LogP contribution in [0.15, 0.2) is 22.6 Å². The molecule has 0 aliphatic rings. The van der Waals surface area contributed by atoms with Crippen molar-refractivity contribution < 1.29 is 4.42 Å². The molecule has 0 fully saturated rings. The summed E-state index contributed by atoms with van der Waals surface area (Å²) in [4.78, 5) is 4.40. The van der Waals surface area contributed by atoms with E-state index in [0.29, 0.717) is 11.7 Å². The lowest BCUT2D eigenvalue weighted by Gasteiger charge is -2.26. The summed E-state index contributed by atoms with van der Waals surface area (Å²) in [5.74, 6) is 0. The molecule has 2 aromatic rings. The second kappa shape index (κ2) is 4.28. The first-order valence-corrected chi connectivity index (χ1v) is 6.00. The van der Waals surface area contributed by atoms with Crippen LogP contribution in [-0.2, 0) is 0 Å². The second-order valence-electron chi connectivity index (χ2n) is 4.64. The topological polar surface area (TPSA) is 64.1 Å². The second-order valence-corrected chi connectivity index (χ2v) is 4.64. The summed E-state index contributed by atoms with van der Waals surface area (Å²) >= 11 is 0. The van der Waals surface area contributed by atoms with Crippen molar-refractivity contribution in [3.8, 4) is 0 Å². The summed E-state index contributed by atoms with van der Waals surface area (Å²) in [5.41, 5.74) is 7.97. The molecule has 0 radical (unpaired) electrons. The Hall–Kier alpha value is -1.71. The van der Waals surface area contributed by atoms with E-state index in [9.17, 15) is 0 Å². The number of hydrogen-bond donors (Lipinski definition) is 2. The fourth-order valence-corrected chi connectivity index (χ4v) is 1.68. The lowest BCUT2D eigenvalue weighted by Crippen LogP contribution is -2.33. The van der Waals surface area contributed by atoms with Crippen LogP contribution in [0.1, 0.15) is 33.6 Å². The standard InChI is InChI=1S/C13H19N3O/c1-4-13(3,5-2)16-12-15-10-7-6-9(14)8-11(10)17-12/h6-8H,4-5,14H2,1-3H3,(H,15,16). The first-order chi connectivity index (χ1) is 8.06. The lowest BCUT2D eigenvalue weighted by atomic mass is 9.96. The van der Waals surface area contributed by atoms with E-state index in [4.69, 9.17) is 10.2 Å². The van der Waals surface area contributed by atoms with E-state index in [1.54, 1.807) is 6.07 Å². The molecule has 0 spiro atoms. The van der Waals surface area contributed by atoms with Gasteiger partial charge in [0.2, 0.25) is 0 Å². The van der Waals surface area contributed by atoms with Gasteiger partial charge in [0.05, 0.1) is 0 Å². The van der Waals surface area contributed by atoms with Crippen LogP contribution in [0, 0.1) is 0 Å². The van der Waals surface area contributed by atoms with Gasteiger partial charge in [0.15, 0.2) is 5.58 Å². The number of nitrogens with zero attached hydrogens (tertiary/aromatic N) is 1. The lowest BCUT2D eigenvalue weighted by molar-refractivity contribution is 0.455. The van der Waals surface area contributed by atoms with Gasteiger partial charge in [0.25, 0.3) is 6.01 Å². The zero-order valence-electron chi connectivity index (χ0n) is 10.6. The zero-order chi connectivity index (χ0) is 12.5. The van der Waals surface area contributed by atoms with Gasteiger partial charge in [-0.3, -0.25) is 0 Å². The van der Waals surface area contributed by atoms with Gasteiger partial charge in [0.1, 0.15) is 5.52 Å². The Balaban J connectivity index is 2.31. The molecule has 0 bridgehead atoms. The van der Waals surface area contributed by atoms with Gasteiger partial charge in [-0.15, -0.1) is 0 Å². The van der Waals surface area contributed by atoms with Crippen LogP contribution in [0.4, 0.5) is 11.7 Å². The van der Waals surface area contributed by atoms with E-state index in [-0.39, 0.29) is 5.54 Å². The minimum absolute atomic E-state index is 0.0203. The van der Waals surface area contributed by atoms with Crippen LogP contribution < -0.4 is 11.1 Å². The number of rotatable bonds is 4. The molecule has 0 amide bonds. The Labute approximate surface area is 101 Å². The molecule has 2 rings (SSSR count). The highest BCUT2D eigenvalue weighted by Crippen LogP contribution is 2.25. The van der Waals surface area contributed by atoms with E-state index < -0.39 is 0 Å². The normalized spacial score (nSPS) is 11.9. The van der Waals surface area contributed by atoms with Crippen molar-refractivity contribution in [1.82, 2.24) is 4.98 Å². The highest BCUT2D eigenvalue weighted by molar-refractivity contribution is 5.78. The van der Waals surface area contributed by atoms with Crippen molar-refractivity contribution in [2.24, 2.45) is 0 Å². The molecule has 1 aromatic heterocycles. The van der Waals surface area contributed by atoms with Crippen molar-refractivity contribution in [2.75, 3.05) is 11.1 Å². The number of benzene rings is 1. The molecular weight excluding hydrogens is 214 g/mol. The Morgan fingerprint density at radius 2 is 2.06 bits per heavy atom. The number of aromatic nitrogens is 1. The number of fused-ring (bicyclic) bond motifs is 1. The summed E-state index contributed by atoms with van der Waals surface area (Å²) < 4.78 is 5.65. The molecule has 0 atom stereocenters. The smallest absolute Gasteiger partial charge is 0.296 e. The zero-order valence-corrected chi connectivity index (χ0v) is 10.6. The van der Waals surface area contributed by atoms with E-state index >= 15 is 0 Å². The number of nitrogen functional groups attached to an aromatic ring is 1. The summed E-state index contributed by atoms with van der Waals surface area (Å²) in [6.45, 7) is 6.46. The molecule has 0 saturated carbocycles. The first kappa shape index (κ1) is 11.8. The molecule has 0 aliphatic carbocycles. The minimum Gasteiger partial charge on any atom is -0.423 e. The van der Waals surface area contributed by atoms with Crippen molar-refractivity contribution in [3.05, 3.63) is 18.2 Å². The molecule has 0 aliphatic heterocycles. The van der Waals surface area contributed by atoms with E-state index in [1.807, 2.05) is 12.1 Å². The number of hydrogen-bond acceptors (Lipinski definition) is 4. The predicted octanol–water partition coefficient (Wildman–Crippen LogP) is 3.40. The molecule has 4 nitrogen and oxygen atoms in total. The fourth-order valence-electron chi connectivity index (χ4n) is 1.68. The summed E-state index contributed by atoms with van der Waals surface area (Å²) in [6.07, 6.45) is 2.04. The summed E-state index contributed by atoms with van der Waals surface area (Å²) in [7, 11) is 0. The maximum Gasteiger partial charge on any atom is 0.296 e. The summed E-state index contributed by atoms with van der Waals surface area (Å²) in [6, 6.07) is 6.06. The Kier molecular flexibility index (Phi) is 2.96. The van der Waals surface area contributed by atoms with Crippen molar-refractivity contribution >= 4 is 22.8 Å². The molecule has 17 heavy (non-hydrogen) atoms. The average Bonchev–Trinajstić information content (AvgIpc) is 2.70. The molecule has 0 unspecified atom stereocenters. The Morgan fingerprint density at radius 1 is 1.35 bits per heavy atom. The van der Waals surface area contributed by atoms with Crippen LogP contribution >= 0.6 is 0 Å². The maximum atomic E-state index is 5.70.